The van der Waals surface area contributed by atoms with Gasteiger partial charge in [-0.15, -0.1) is 0 Å². The molecule has 2 heterocycles. The Balaban J connectivity index is 1.73. The Kier molecular flexibility index (Phi) is 5.79. The van der Waals surface area contributed by atoms with E-state index in [4.69, 9.17) is 16.3 Å². The van der Waals surface area contributed by atoms with Crippen LogP contribution in [-0.2, 0) is 9.53 Å². The molecule has 0 bridgehead atoms. The highest BCUT2D eigenvalue weighted by molar-refractivity contribution is 6.34. The van der Waals surface area contributed by atoms with Crippen molar-refractivity contribution in [3.05, 3.63) is 52.8 Å². The molecule has 1 aliphatic heterocycles. The first-order valence-electron chi connectivity index (χ1n) is 8.00. The van der Waals surface area contributed by atoms with Gasteiger partial charge in [-0.3, -0.25) is 4.79 Å². The molecule has 7 nitrogen and oxygen atoms in total. The van der Waals surface area contributed by atoms with Gasteiger partial charge in [0.1, 0.15) is 11.6 Å². The number of carbonyl (C=O) groups is 1. The molecule has 0 saturated carbocycles. The number of nitriles is 1. The number of para-hydroxylation sites is 1. The molecule has 1 aromatic carbocycles. The van der Waals surface area contributed by atoms with E-state index in [1.54, 1.807) is 36.7 Å². The number of nitrogens with one attached hydrogen (secondary N) is 1. The number of nitrogens with zero attached hydrogens (tertiary/aromatic N) is 4. The lowest BCUT2D eigenvalue weighted by Gasteiger charge is -2.26. The highest BCUT2D eigenvalue weighted by Crippen LogP contribution is 2.21. The van der Waals surface area contributed by atoms with Crippen molar-refractivity contribution in [2.24, 2.45) is 0 Å². The molecule has 8 heteroatoms. The van der Waals surface area contributed by atoms with Crippen LogP contribution in [0.25, 0.3) is 6.08 Å². The predicted molar refractivity (Wildman–Crippen MR) is 98.7 cm³/mol. The minimum Gasteiger partial charge on any atom is -0.378 e. The van der Waals surface area contributed by atoms with Crippen molar-refractivity contribution in [3.63, 3.8) is 0 Å². The maximum atomic E-state index is 12.3. The van der Waals surface area contributed by atoms with Crippen molar-refractivity contribution in [1.82, 2.24) is 9.97 Å². The average Bonchev–Trinajstić information content (AvgIpc) is 2.69. The van der Waals surface area contributed by atoms with Gasteiger partial charge in [-0.05, 0) is 18.2 Å². The molecule has 1 saturated heterocycles. The lowest BCUT2D eigenvalue weighted by molar-refractivity contribution is -0.112. The van der Waals surface area contributed by atoms with E-state index >= 15 is 0 Å². The summed E-state index contributed by atoms with van der Waals surface area (Å²) in [7, 11) is 0. The molecule has 1 fully saturated rings. The first kappa shape index (κ1) is 17.9. The van der Waals surface area contributed by atoms with Crippen molar-refractivity contribution in [3.8, 4) is 6.07 Å². The fourth-order valence-electron chi connectivity index (χ4n) is 2.40. The van der Waals surface area contributed by atoms with E-state index < -0.39 is 5.91 Å². The van der Waals surface area contributed by atoms with Gasteiger partial charge in [0.2, 0.25) is 5.95 Å². The maximum Gasteiger partial charge on any atom is 0.266 e. The number of morpholine rings is 1. The van der Waals surface area contributed by atoms with Gasteiger partial charge in [0, 0.05) is 31.0 Å². The number of aromatic nitrogens is 2. The fourth-order valence-corrected chi connectivity index (χ4v) is 2.58. The minimum atomic E-state index is -0.544. The van der Waals surface area contributed by atoms with Gasteiger partial charge in [0.05, 0.1) is 23.9 Å². The Morgan fingerprint density at radius 2 is 1.96 bits per heavy atom. The molecular weight excluding hydrogens is 354 g/mol. The van der Waals surface area contributed by atoms with Gasteiger partial charge in [0.25, 0.3) is 5.91 Å². The number of ether oxygens (including phenoxy) is 1. The Bertz CT molecular complexity index is 855. The second kappa shape index (κ2) is 8.43. The number of rotatable bonds is 4. The number of halogens is 1. The van der Waals surface area contributed by atoms with Crippen LogP contribution in [0.5, 0.6) is 0 Å². The van der Waals surface area contributed by atoms with Crippen molar-refractivity contribution in [1.29, 1.82) is 5.26 Å². The first-order chi connectivity index (χ1) is 12.7. The predicted octanol–water partition coefficient (Wildman–Crippen LogP) is 2.51. The van der Waals surface area contributed by atoms with Crippen LogP contribution >= 0.6 is 11.6 Å². The second-order valence-corrected chi connectivity index (χ2v) is 5.93. The zero-order valence-corrected chi connectivity index (χ0v) is 14.6. The molecule has 3 rings (SSSR count). The largest absolute Gasteiger partial charge is 0.378 e. The van der Waals surface area contributed by atoms with Crippen molar-refractivity contribution in [2.75, 3.05) is 36.5 Å². The van der Waals surface area contributed by atoms with E-state index in [0.29, 0.717) is 35.4 Å². The van der Waals surface area contributed by atoms with Crippen molar-refractivity contribution in [2.45, 2.75) is 0 Å². The Hall–Kier alpha value is -2.95. The molecule has 132 valence electrons. The van der Waals surface area contributed by atoms with E-state index in [1.165, 1.54) is 6.08 Å². The lowest BCUT2D eigenvalue weighted by Crippen LogP contribution is -2.37. The summed E-state index contributed by atoms with van der Waals surface area (Å²) >= 11 is 6.02. The summed E-state index contributed by atoms with van der Waals surface area (Å²) in [5.74, 6) is 0.0577. The van der Waals surface area contributed by atoms with Gasteiger partial charge in [0.15, 0.2) is 0 Å². The van der Waals surface area contributed by atoms with Crippen LogP contribution in [0.3, 0.4) is 0 Å². The number of benzene rings is 1. The lowest BCUT2D eigenvalue weighted by atomic mass is 10.2. The third-order valence-corrected chi connectivity index (χ3v) is 4.08. The van der Waals surface area contributed by atoms with Crippen LogP contribution < -0.4 is 10.2 Å². The van der Waals surface area contributed by atoms with Gasteiger partial charge in [-0.2, -0.15) is 5.26 Å². The fraction of sp³-hybridized carbons (Fsp3) is 0.222. The van der Waals surface area contributed by atoms with Crippen LogP contribution in [-0.4, -0.2) is 42.2 Å². The summed E-state index contributed by atoms with van der Waals surface area (Å²) < 4.78 is 5.30. The van der Waals surface area contributed by atoms with Crippen molar-refractivity contribution >= 4 is 35.2 Å². The highest BCUT2D eigenvalue weighted by atomic mass is 35.5. The standard InChI is InChI=1S/C18H16ClN5O2/c19-15-3-1-2-4-16(15)23-17(25)14(10-20)9-13-11-21-18(22-12-13)24-5-7-26-8-6-24/h1-4,9,11-12H,5-8H2,(H,23,25)/b14-9+. The molecule has 1 aliphatic rings. The highest BCUT2D eigenvalue weighted by Gasteiger charge is 2.14. The first-order valence-corrected chi connectivity index (χ1v) is 8.37. The van der Waals surface area contributed by atoms with Gasteiger partial charge >= 0.3 is 0 Å². The van der Waals surface area contributed by atoms with Crippen LogP contribution in [0.2, 0.25) is 5.02 Å². The number of carbonyl (C=O) groups excluding carboxylic acids is 1. The quantitative estimate of drug-likeness (QED) is 0.657. The minimum absolute atomic E-state index is 0.0624. The van der Waals surface area contributed by atoms with E-state index in [2.05, 4.69) is 15.3 Å². The molecule has 26 heavy (non-hydrogen) atoms. The van der Waals surface area contributed by atoms with Crippen molar-refractivity contribution < 1.29 is 9.53 Å². The summed E-state index contributed by atoms with van der Waals surface area (Å²) in [5, 5.41) is 12.3. The van der Waals surface area contributed by atoms with Crippen LogP contribution in [0.4, 0.5) is 11.6 Å². The summed E-state index contributed by atoms with van der Waals surface area (Å²) in [6.45, 7) is 2.76. The molecule has 0 atom stereocenters. The summed E-state index contributed by atoms with van der Waals surface area (Å²) in [4.78, 5) is 22.9. The molecule has 1 aromatic heterocycles. The second-order valence-electron chi connectivity index (χ2n) is 5.52. The molecule has 2 aromatic rings. The number of anilines is 2. The Morgan fingerprint density at radius 1 is 1.27 bits per heavy atom. The number of amides is 1. The van der Waals surface area contributed by atoms with E-state index in [1.807, 2.05) is 11.0 Å². The molecule has 0 radical (unpaired) electrons. The topological polar surface area (TPSA) is 91.1 Å². The SMILES string of the molecule is N#C/C(=C\c1cnc(N2CCOCC2)nc1)C(=O)Nc1ccccc1Cl. The molecule has 1 amide bonds. The maximum absolute atomic E-state index is 12.3. The monoisotopic (exact) mass is 369 g/mol. The van der Waals surface area contributed by atoms with Crippen LogP contribution in [0.15, 0.2) is 42.2 Å². The molecule has 0 unspecified atom stereocenters. The van der Waals surface area contributed by atoms with E-state index in [0.717, 1.165) is 13.1 Å². The van der Waals surface area contributed by atoms with Gasteiger partial charge < -0.3 is 15.0 Å². The van der Waals surface area contributed by atoms with E-state index in [9.17, 15) is 10.1 Å². The molecule has 1 N–H and O–H groups in total. The number of hydrogen-bond acceptors (Lipinski definition) is 6. The van der Waals surface area contributed by atoms with E-state index in [-0.39, 0.29) is 5.57 Å². The molecular formula is C18H16ClN5O2. The molecule has 0 aliphatic carbocycles. The zero-order chi connectivity index (χ0) is 18.4. The smallest absolute Gasteiger partial charge is 0.266 e. The zero-order valence-electron chi connectivity index (χ0n) is 13.9. The third-order valence-electron chi connectivity index (χ3n) is 3.75. The summed E-state index contributed by atoms with van der Waals surface area (Å²) in [5.41, 5.74) is 0.944. The van der Waals surface area contributed by atoms with Gasteiger partial charge in [-0.25, -0.2) is 9.97 Å². The average molecular weight is 370 g/mol. The number of hydrogen-bond donors (Lipinski definition) is 1. The Labute approximate surface area is 155 Å². The third kappa shape index (κ3) is 4.36. The summed E-state index contributed by atoms with van der Waals surface area (Å²) in [6.07, 6.45) is 4.60. The van der Waals surface area contributed by atoms with Gasteiger partial charge in [-0.1, -0.05) is 23.7 Å². The normalized spacial score (nSPS) is 14.6. The van der Waals surface area contributed by atoms with Crippen LogP contribution in [0.1, 0.15) is 5.56 Å². The molecule has 0 spiro atoms. The summed E-state index contributed by atoms with van der Waals surface area (Å²) in [6, 6.07) is 8.71. The Morgan fingerprint density at radius 3 is 2.62 bits per heavy atom. The van der Waals surface area contributed by atoms with Crippen LogP contribution in [0, 0.1) is 11.3 Å².